The van der Waals surface area contributed by atoms with Crippen LogP contribution in [0.5, 0.6) is 5.75 Å². The number of benzene rings is 2. The normalized spacial score (nSPS) is 13.2. The third-order valence-corrected chi connectivity index (χ3v) is 6.22. The van der Waals surface area contributed by atoms with E-state index in [0.29, 0.717) is 36.8 Å². The largest absolute Gasteiger partial charge is 0.493 e. The minimum Gasteiger partial charge on any atom is -0.493 e. The summed E-state index contributed by atoms with van der Waals surface area (Å²) in [6.07, 6.45) is 1.37. The fourth-order valence-corrected chi connectivity index (χ4v) is 4.28. The first-order valence-electron chi connectivity index (χ1n) is 8.65. The van der Waals surface area contributed by atoms with E-state index in [9.17, 15) is 8.42 Å². The van der Waals surface area contributed by atoms with Crippen molar-refractivity contribution in [3.05, 3.63) is 58.6 Å². The van der Waals surface area contributed by atoms with Gasteiger partial charge in [0.2, 0.25) is 11.9 Å². The van der Waals surface area contributed by atoms with Gasteiger partial charge in [-0.1, -0.05) is 23.7 Å². The summed E-state index contributed by atoms with van der Waals surface area (Å²) in [5, 5.41) is 7.69. The van der Waals surface area contributed by atoms with Crippen LogP contribution in [0.2, 0.25) is 5.02 Å². The molecule has 0 spiro atoms. The van der Waals surface area contributed by atoms with Gasteiger partial charge in [0, 0.05) is 18.0 Å². The molecular weight excluding hydrogens is 402 g/mol. The molecule has 0 atom stereocenters. The van der Waals surface area contributed by atoms with Crippen LogP contribution in [-0.2, 0) is 22.9 Å². The molecule has 0 saturated carbocycles. The number of hydrogen-bond donors (Lipinski definition) is 2. The number of rotatable bonds is 6. The van der Waals surface area contributed by atoms with Gasteiger partial charge in [-0.05, 0) is 47.9 Å². The Morgan fingerprint density at radius 1 is 1.21 bits per heavy atom. The fourth-order valence-electron chi connectivity index (χ4n) is 2.96. The van der Waals surface area contributed by atoms with E-state index in [2.05, 4.69) is 15.4 Å². The van der Waals surface area contributed by atoms with Crippen molar-refractivity contribution >= 4 is 33.5 Å². The molecular formula is C18H18ClN5O3S. The maximum absolute atomic E-state index is 12.9. The van der Waals surface area contributed by atoms with Crippen molar-refractivity contribution in [1.82, 2.24) is 14.2 Å². The second kappa shape index (κ2) is 7.33. The molecule has 0 bridgehead atoms. The Morgan fingerprint density at radius 2 is 2.00 bits per heavy atom. The highest BCUT2D eigenvalue weighted by Crippen LogP contribution is 2.28. The van der Waals surface area contributed by atoms with E-state index < -0.39 is 10.0 Å². The summed E-state index contributed by atoms with van der Waals surface area (Å²) >= 11 is 5.87. The highest BCUT2D eigenvalue weighted by Gasteiger charge is 2.25. The zero-order valence-corrected chi connectivity index (χ0v) is 16.4. The van der Waals surface area contributed by atoms with Gasteiger partial charge >= 0.3 is 0 Å². The van der Waals surface area contributed by atoms with Gasteiger partial charge in [0.15, 0.2) is 0 Å². The van der Waals surface area contributed by atoms with Gasteiger partial charge in [0.05, 0.1) is 11.5 Å². The molecule has 8 nitrogen and oxygen atoms in total. The number of ether oxygens (including phenoxy) is 1. The summed E-state index contributed by atoms with van der Waals surface area (Å²) in [6, 6.07) is 12.2. The number of halogens is 1. The molecule has 10 heteroatoms. The van der Waals surface area contributed by atoms with Gasteiger partial charge in [-0.25, -0.2) is 0 Å². The average molecular weight is 420 g/mol. The summed E-state index contributed by atoms with van der Waals surface area (Å²) in [7, 11) is -3.94. The molecule has 3 N–H and O–H groups in total. The number of nitrogen functional groups attached to an aromatic ring is 1. The smallest absolute Gasteiger partial charge is 0.286 e. The Labute approximate surface area is 167 Å². The minimum absolute atomic E-state index is 0.0982. The lowest BCUT2D eigenvalue weighted by Gasteiger charge is -2.06. The maximum Gasteiger partial charge on any atom is 0.286 e. The third kappa shape index (κ3) is 3.63. The van der Waals surface area contributed by atoms with Crippen molar-refractivity contribution in [3.8, 4) is 5.75 Å². The molecule has 3 aromatic rings. The van der Waals surface area contributed by atoms with Gasteiger partial charge in [0.25, 0.3) is 10.0 Å². The van der Waals surface area contributed by atoms with Gasteiger partial charge < -0.3 is 15.8 Å². The number of nitrogens with zero attached hydrogens (tertiary/aromatic N) is 3. The van der Waals surface area contributed by atoms with Crippen molar-refractivity contribution in [1.29, 1.82) is 0 Å². The first-order chi connectivity index (χ1) is 13.4. The highest BCUT2D eigenvalue weighted by molar-refractivity contribution is 7.90. The Hall–Kier alpha value is -2.78. The predicted octanol–water partition coefficient (Wildman–Crippen LogP) is 2.34. The molecule has 1 aliphatic heterocycles. The van der Waals surface area contributed by atoms with Gasteiger partial charge in [-0.3, -0.25) is 0 Å². The molecule has 4 rings (SSSR count). The van der Waals surface area contributed by atoms with E-state index in [1.807, 2.05) is 24.3 Å². The summed E-state index contributed by atoms with van der Waals surface area (Å²) in [4.78, 5) is 4.11. The van der Waals surface area contributed by atoms with Crippen LogP contribution in [0.25, 0.3) is 0 Å². The monoisotopic (exact) mass is 419 g/mol. The molecule has 1 aromatic heterocycles. The third-order valence-electron chi connectivity index (χ3n) is 4.40. The fraction of sp³-hybridized carbons (Fsp3) is 0.222. The zero-order chi connectivity index (χ0) is 19.7. The Balaban J connectivity index is 1.49. The van der Waals surface area contributed by atoms with Crippen molar-refractivity contribution in [3.63, 3.8) is 0 Å². The van der Waals surface area contributed by atoms with Crippen LogP contribution in [-0.4, -0.2) is 35.7 Å². The molecule has 2 aromatic carbocycles. The Morgan fingerprint density at radius 3 is 2.79 bits per heavy atom. The summed E-state index contributed by atoms with van der Waals surface area (Å²) < 4.78 is 31.9. The lowest BCUT2D eigenvalue weighted by atomic mass is 10.1. The quantitative estimate of drug-likeness (QED) is 0.630. The van der Waals surface area contributed by atoms with E-state index in [0.717, 1.165) is 15.2 Å². The molecule has 0 aliphatic carbocycles. The molecule has 0 radical (unpaired) electrons. The lowest BCUT2D eigenvalue weighted by Crippen LogP contribution is -2.17. The van der Waals surface area contributed by atoms with Crippen LogP contribution < -0.4 is 15.8 Å². The highest BCUT2D eigenvalue weighted by atomic mass is 35.5. The first kappa shape index (κ1) is 18.6. The summed E-state index contributed by atoms with van der Waals surface area (Å²) in [5.74, 6) is 0.653. The average Bonchev–Trinajstić information content (AvgIpc) is 3.29. The van der Waals surface area contributed by atoms with Crippen LogP contribution in [0, 0.1) is 0 Å². The SMILES string of the molecule is Nc1nc(NCCc2ccc(Cl)cc2)nn1S(=O)(=O)c1ccc2c(c1)CCO2. The number of aromatic nitrogens is 3. The maximum atomic E-state index is 12.9. The van der Waals surface area contributed by atoms with E-state index in [4.69, 9.17) is 22.1 Å². The lowest BCUT2D eigenvalue weighted by molar-refractivity contribution is 0.356. The number of hydrogen-bond acceptors (Lipinski definition) is 7. The molecule has 0 saturated heterocycles. The molecule has 28 heavy (non-hydrogen) atoms. The van der Waals surface area contributed by atoms with Gasteiger partial charge in [-0.2, -0.15) is 13.4 Å². The Kier molecular flexibility index (Phi) is 4.86. The summed E-state index contributed by atoms with van der Waals surface area (Å²) in [5.41, 5.74) is 7.74. The van der Waals surface area contributed by atoms with Crippen LogP contribution in [0.1, 0.15) is 11.1 Å². The number of nitrogens with two attached hydrogens (primary N) is 1. The van der Waals surface area contributed by atoms with Crippen LogP contribution >= 0.6 is 11.6 Å². The van der Waals surface area contributed by atoms with Crippen LogP contribution in [0.4, 0.5) is 11.9 Å². The zero-order valence-electron chi connectivity index (χ0n) is 14.8. The van der Waals surface area contributed by atoms with Crippen molar-refractivity contribution < 1.29 is 13.2 Å². The number of nitrogens with one attached hydrogen (secondary N) is 1. The molecule has 0 amide bonds. The van der Waals surface area contributed by atoms with Crippen molar-refractivity contribution in [2.75, 3.05) is 24.2 Å². The molecule has 0 unspecified atom stereocenters. The molecule has 0 fully saturated rings. The molecule has 2 heterocycles. The Bertz CT molecular complexity index is 1110. The van der Waals surface area contributed by atoms with E-state index in [1.54, 1.807) is 12.1 Å². The van der Waals surface area contributed by atoms with Gasteiger partial charge in [-0.15, -0.1) is 9.19 Å². The van der Waals surface area contributed by atoms with Crippen molar-refractivity contribution in [2.45, 2.75) is 17.7 Å². The van der Waals surface area contributed by atoms with E-state index in [1.165, 1.54) is 6.07 Å². The predicted molar refractivity (Wildman–Crippen MR) is 106 cm³/mol. The van der Waals surface area contributed by atoms with Crippen molar-refractivity contribution in [2.24, 2.45) is 0 Å². The van der Waals surface area contributed by atoms with Gasteiger partial charge in [0.1, 0.15) is 5.75 Å². The number of anilines is 2. The van der Waals surface area contributed by atoms with Crippen LogP contribution in [0.15, 0.2) is 47.4 Å². The standard InChI is InChI=1S/C18H18ClN5O3S/c19-14-3-1-12(2-4-14)7-9-21-18-22-17(20)24(23-18)28(25,26)15-5-6-16-13(11-15)8-10-27-16/h1-6,11H,7-10H2,(H3,20,21,22,23). The van der Waals surface area contributed by atoms with Crippen LogP contribution in [0.3, 0.4) is 0 Å². The number of fused-ring (bicyclic) bond motifs is 1. The topological polar surface area (TPSA) is 112 Å². The second-order valence-corrected chi connectivity index (χ2v) is 8.52. The molecule has 1 aliphatic rings. The molecule has 146 valence electrons. The first-order valence-corrected chi connectivity index (χ1v) is 10.5. The summed E-state index contributed by atoms with van der Waals surface area (Å²) in [6.45, 7) is 1.06. The minimum atomic E-state index is -3.94. The van der Waals surface area contributed by atoms with E-state index >= 15 is 0 Å². The van der Waals surface area contributed by atoms with E-state index in [-0.39, 0.29) is 16.8 Å². The second-order valence-electron chi connectivity index (χ2n) is 6.31.